The molecule has 0 saturated heterocycles. The summed E-state index contributed by atoms with van der Waals surface area (Å²) in [5.74, 6) is -5.25. The lowest BCUT2D eigenvalue weighted by Gasteiger charge is -2.39. The van der Waals surface area contributed by atoms with Crippen molar-refractivity contribution < 1.29 is 32.7 Å². The van der Waals surface area contributed by atoms with E-state index in [1.165, 1.54) is 6.07 Å². The van der Waals surface area contributed by atoms with E-state index in [1.54, 1.807) is 42.5 Å². The molecule has 0 aliphatic heterocycles. The minimum atomic E-state index is -2.94. The van der Waals surface area contributed by atoms with E-state index in [1.807, 2.05) is 6.07 Å². The molecule has 2 aliphatic rings. The summed E-state index contributed by atoms with van der Waals surface area (Å²) in [6.07, 6.45) is -2.17. The Hall–Kier alpha value is -4.30. The van der Waals surface area contributed by atoms with Crippen molar-refractivity contribution in [1.82, 2.24) is 10.6 Å². The summed E-state index contributed by atoms with van der Waals surface area (Å²) in [5.41, 5.74) is 4.76. The van der Waals surface area contributed by atoms with Crippen molar-refractivity contribution in [1.29, 1.82) is 5.26 Å². The number of benzene rings is 2. The first-order valence-electron chi connectivity index (χ1n) is 12.5. The van der Waals surface area contributed by atoms with Crippen LogP contribution in [-0.2, 0) is 9.59 Å². The third kappa shape index (κ3) is 5.20. The number of amides is 3. The van der Waals surface area contributed by atoms with Gasteiger partial charge in [0.05, 0.1) is 6.07 Å². The number of halogens is 2. The second kappa shape index (κ2) is 9.47. The van der Waals surface area contributed by atoms with E-state index in [2.05, 4.69) is 10.6 Å². The van der Waals surface area contributed by atoms with Gasteiger partial charge in [-0.25, -0.2) is 8.78 Å². The van der Waals surface area contributed by atoms with Crippen LogP contribution >= 0.6 is 0 Å². The fourth-order valence-electron chi connectivity index (χ4n) is 4.80. The lowest BCUT2D eigenvalue weighted by atomic mass is 9.78. The third-order valence-corrected chi connectivity index (χ3v) is 7.51. The van der Waals surface area contributed by atoms with Crippen LogP contribution in [0.4, 0.5) is 8.78 Å². The first-order chi connectivity index (χ1) is 18.4. The molecule has 3 amide bonds. The highest BCUT2D eigenvalue weighted by atomic mass is 19.3. The summed E-state index contributed by atoms with van der Waals surface area (Å²) in [5, 5.41) is 25.1. The molecule has 1 atom stereocenters. The van der Waals surface area contributed by atoms with Crippen LogP contribution in [0, 0.1) is 11.3 Å². The minimum Gasteiger partial charge on any atom is -0.451 e. The van der Waals surface area contributed by atoms with Gasteiger partial charge in [0.1, 0.15) is 16.7 Å². The molecule has 0 spiro atoms. The number of rotatable bonds is 7. The van der Waals surface area contributed by atoms with Crippen LogP contribution in [0.3, 0.4) is 0 Å². The number of nitriles is 1. The number of nitrogens with one attached hydrogen (secondary N) is 2. The standard InChI is InChI=1S/C28H26F2N4O5/c29-28(30)11-9-27(10-12-28,25(38)34-26(15-31)7-8-26)33-24(37)21-14-19-6-5-18(13-20(19)39-21)16-1-3-17(4-2-16)22(35)23(32)36/h1-6,13-14,22,35H,7-12H2,(H2,32,36)(H,33,37)(H,34,38). The number of aliphatic hydroxyl groups is 1. The van der Waals surface area contributed by atoms with Gasteiger partial charge in [-0.1, -0.05) is 36.4 Å². The Labute approximate surface area is 222 Å². The van der Waals surface area contributed by atoms with Crippen LogP contribution in [0.1, 0.15) is 60.7 Å². The highest BCUT2D eigenvalue weighted by Crippen LogP contribution is 2.41. The van der Waals surface area contributed by atoms with Crippen molar-refractivity contribution in [3.05, 3.63) is 59.9 Å². The Morgan fingerprint density at radius 3 is 2.18 bits per heavy atom. The number of hydrogen-bond donors (Lipinski definition) is 4. The molecule has 11 heteroatoms. The van der Waals surface area contributed by atoms with Crippen molar-refractivity contribution in [3.8, 4) is 17.2 Å². The fourth-order valence-corrected chi connectivity index (χ4v) is 4.80. The van der Waals surface area contributed by atoms with Crippen molar-refractivity contribution >= 4 is 28.7 Å². The highest BCUT2D eigenvalue weighted by Gasteiger charge is 2.53. The number of carbonyl (C=O) groups is 3. The SMILES string of the molecule is N#CC1(NC(=O)C2(NC(=O)c3cc4ccc(-c5ccc(C(O)C(N)=O)cc5)cc4o3)CCC(F)(F)CC2)CC1. The zero-order valence-electron chi connectivity index (χ0n) is 20.8. The van der Waals surface area contributed by atoms with E-state index in [0.717, 1.165) is 11.1 Å². The van der Waals surface area contributed by atoms with Gasteiger partial charge in [0.15, 0.2) is 11.9 Å². The number of alkyl halides is 2. The second-order valence-electron chi connectivity index (χ2n) is 10.3. The van der Waals surface area contributed by atoms with Gasteiger partial charge in [0.25, 0.3) is 11.8 Å². The van der Waals surface area contributed by atoms with Crippen molar-refractivity contribution in [2.75, 3.05) is 0 Å². The molecule has 202 valence electrons. The Kier molecular flexibility index (Phi) is 6.39. The summed E-state index contributed by atoms with van der Waals surface area (Å²) in [6, 6.07) is 15.4. The predicted octanol–water partition coefficient (Wildman–Crippen LogP) is 3.47. The molecule has 3 aromatic rings. The molecule has 9 nitrogen and oxygen atoms in total. The van der Waals surface area contributed by atoms with Gasteiger partial charge in [-0.05, 0) is 54.5 Å². The van der Waals surface area contributed by atoms with Gasteiger partial charge in [-0.15, -0.1) is 0 Å². The zero-order valence-corrected chi connectivity index (χ0v) is 20.8. The Morgan fingerprint density at radius 2 is 1.59 bits per heavy atom. The number of nitrogens with zero attached hydrogens (tertiary/aromatic N) is 1. The van der Waals surface area contributed by atoms with E-state index in [9.17, 15) is 33.5 Å². The number of primary amides is 1. The molecule has 2 saturated carbocycles. The van der Waals surface area contributed by atoms with Gasteiger partial charge >= 0.3 is 0 Å². The van der Waals surface area contributed by atoms with E-state index in [4.69, 9.17) is 10.2 Å². The summed E-state index contributed by atoms with van der Waals surface area (Å²) in [7, 11) is 0. The minimum absolute atomic E-state index is 0.0898. The average molecular weight is 537 g/mol. The van der Waals surface area contributed by atoms with Crippen LogP contribution in [-0.4, -0.2) is 39.8 Å². The summed E-state index contributed by atoms with van der Waals surface area (Å²) >= 11 is 0. The second-order valence-corrected chi connectivity index (χ2v) is 10.3. The summed E-state index contributed by atoms with van der Waals surface area (Å²) < 4.78 is 33.7. The molecule has 2 fully saturated rings. The largest absolute Gasteiger partial charge is 0.451 e. The normalized spacial score (nSPS) is 19.4. The van der Waals surface area contributed by atoms with Crippen molar-refractivity contribution in [3.63, 3.8) is 0 Å². The molecular weight excluding hydrogens is 510 g/mol. The van der Waals surface area contributed by atoms with E-state index in [0.29, 0.717) is 29.4 Å². The van der Waals surface area contributed by atoms with Gasteiger partial charge < -0.3 is 25.9 Å². The van der Waals surface area contributed by atoms with Gasteiger partial charge in [-0.3, -0.25) is 14.4 Å². The number of aliphatic hydroxyl groups excluding tert-OH is 1. The molecule has 2 aromatic carbocycles. The smallest absolute Gasteiger partial charge is 0.287 e. The lowest BCUT2D eigenvalue weighted by Crippen LogP contribution is -2.62. The van der Waals surface area contributed by atoms with Crippen LogP contribution in [0.5, 0.6) is 0 Å². The number of nitrogens with two attached hydrogens (primary N) is 1. The molecule has 0 radical (unpaired) electrons. The summed E-state index contributed by atoms with van der Waals surface area (Å²) in [4.78, 5) is 37.6. The van der Waals surface area contributed by atoms with Gasteiger partial charge in [0.2, 0.25) is 11.8 Å². The van der Waals surface area contributed by atoms with E-state index >= 15 is 0 Å². The molecule has 1 aromatic heterocycles. The molecule has 39 heavy (non-hydrogen) atoms. The molecule has 1 unspecified atom stereocenters. The zero-order chi connectivity index (χ0) is 28.0. The van der Waals surface area contributed by atoms with Crippen LogP contribution in [0.15, 0.2) is 52.9 Å². The molecule has 5 N–H and O–H groups in total. The number of furan rings is 1. The van der Waals surface area contributed by atoms with E-state index < -0.39 is 53.7 Å². The van der Waals surface area contributed by atoms with Crippen molar-refractivity contribution in [2.24, 2.45) is 5.73 Å². The quantitative estimate of drug-likeness (QED) is 0.362. The Bertz CT molecular complexity index is 1490. The fraction of sp³-hybridized carbons (Fsp3) is 0.357. The Morgan fingerprint density at radius 1 is 0.949 bits per heavy atom. The van der Waals surface area contributed by atoms with Gasteiger partial charge in [0, 0.05) is 18.2 Å². The first-order valence-corrected chi connectivity index (χ1v) is 12.5. The van der Waals surface area contributed by atoms with Crippen LogP contribution < -0.4 is 16.4 Å². The maximum atomic E-state index is 14.0. The Balaban J connectivity index is 1.37. The van der Waals surface area contributed by atoms with Crippen molar-refractivity contribution in [2.45, 2.75) is 61.6 Å². The monoisotopic (exact) mass is 536 g/mol. The number of carbonyl (C=O) groups excluding carboxylic acids is 3. The predicted molar refractivity (Wildman–Crippen MR) is 135 cm³/mol. The molecule has 2 aliphatic carbocycles. The summed E-state index contributed by atoms with van der Waals surface area (Å²) in [6.45, 7) is 0. The maximum absolute atomic E-state index is 14.0. The third-order valence-electron chi connectivity index (χ3n) is 7.51. The number of fused-ring (bicyclic) bond motifs is 1. The molecule has 0 bridgehead atoms. The first kappa shape index (κ1) is 26.3. The number of hydrogen-bond acceptors (Lipinski definition) is 6. The molecule has 1 heterocycles. The molecule has 5 rings (SSSR count). The van der Waals surface area contributed by atoms with Gasteiger partial charge in [-0.2, -0.15) is 5.26 Å². The van der Waals surface area contributed by atoms with Crippen LogP contribution in [0.25, 0.3) is 22.1 Å². The lowest BCUT2D eigenvalue weighted by molar-refractivity contribution is -0.133. The van der Waals surface area contributed by atoms with E-state index in [-0.39, 0.29) is 18.6 Å². The maximum Gasteiger partial charge on any atom is 0.287 e. The van der Waals surface area contributed by atoms with Crippen LogP contribution in [0.2, 0.25) is 0 Å². The topological polar surface area (TPSA) is 158 Å². The highest BCUT2D eigenvalue weighted by molar-refractivity contribution is 6.01. The average Bonchev–Trinajstić information content (AvgIpc) is 3.56. The molecular formula is C28H26F2N4O5.